The monoisotopic (exact) mass is 325 g/mol. The molecular formula is C18H23N5O. The minimum atomic E-state index is -0.00403. The van der Waals surface area contributed by atoms with E-state index in [1.807, 2.05) is 24.6 Å². The Hall–Kier alpha value is -2.39. The van der Waals surface area contributed by atoms with Crippen LogP contribution in [0.3, 0.4) is 0 Å². The predicted molar refractivity (Wildman–Crippen MR) is 91.5 cm³/mol. The zero-order valence-corrected chi connectivity index (χ0v) is 14.5. The number of nitrogens with zero attached hydrogens (tertiary/aromatic N) is 4. The Morgan fingerprint density at radius 2 is 2.25 bits per heavy atom. The predicted octanol–water partition coefficient (Wildman–Crippen LogP) is 1.80. The van der Waals surface area contributed by atoms with E-state index in [1.54, 1.807) is 0 Å². The van der Waals surface area contributed by atoms with Crippen LogP contribution in [-0.4, -0.2) is 26.0 Å². The Morgan fingerprint density at radius 1 is 1.46 bits per heavy atom. The van der Waals surface area contributed by atoms with E-state index in [2.05, 4.69) is 27.9 Å². The van der Waals surface area contributed by atoms with Crippen LogP contribution in [0.1, 0.15) is 47.4 Å². The van der Waals surface area contributed by atoms with E-state index >= 15 is 0 Å². The molecule has 0 unspecified atom stereocenters. The summed E-state index contributed by atoms with van der Waals surface area (Å²) in [6, 6.07) is 4.16. The van der Waals surface area contributed by atoms with Gasteiger partial charge in [0.25, 0.3) is 5.56 Å². The summed E-state index contributed by atoms with van der Waals surface area (Å²) in [6.45, 7) is 6.35. The third-order valence-corrected chi connectivity index (χ3v) is 4.83. The molecule has 0 radical (unpaired) electrons. The van der Waals surface area contributed by atoms with E-state index in [9.17, 15) is 4.79 Å². The summed E-state index contributed by atoms with van der Waals surface area (Å²) in [7, 11) is 1.91. The largest absolute Gasteiger partial charge is 0.340 e. The van der Waals surface area contributed by atoms with Gasteiger partial charge in [-0.15, -0.1) is 0 Å². The maximum absolute atomic E-state index is 12.4. The molecule has 3 heterocycles. The molecule has 2 aromatic heterocycles. The number of rotatable bonds is 4. The molecule has 1 aliphatic rings. The maximum atomic E-state index is 12.4. The third kappa shape index (κ3) is 3.00. The highest BCUT2D eigenvalue weighted by Crippen LogP contribution is 2.20. The number of hydrogen-bond acceptors (Lipinski definition) is 4. The molecule has 126 valence electrons. The van der Waals surface area contributed by atoms with Crippen molar-refractivity contribution in [2.75, 3.05) is 6.54 Å². The molecule has 2 aromatic rings. The summed E-state index contributed by atoms with van der Waals surface area (Å²) in [5.74, 6) is 0.798. The van der Waals surface area contributed by atoms with E-state index in [0.717, 1.165) is 60.7 Å². The summed E-state index contributed by atoms with van der Waals surface area (Å²) >= 11 is 0. The first-order valence-electron chi connectivity index (χ1n) is 8.42. The van der Waals surface area contributed by atoms with E-state index in [4.69, 9.17) is 5.26 Å². The number of nitrogens with one attached hydrogen (secondary N) is 1. The van der Waals surface area contributed by atoms with Crippen LogP contribution in [0.4, 0.5) is 0 Å². The van der Waals surface area contributed by atoms with Crippen LogP contribution in [-0.2, 0) is 33.0 Å². The van der Waals surface area contributed by atoms with Crippen molar-refractivity contribution in [3.63, 3.8) is 0 Å². The van der Waals surface area contributed by atoms with Crippen molar-refractivity contribution in [1.82, 2.24) is 19.4 Å². The van der Waals surface area contributed by atoms with Crippen molar-refractivity contribution in [3.05, 3.63) is 50.5 Å². The summed E-state index contributed by atoms with van der Waals surface area (Å²) < 4.78 is 1.92. The van der Waals surface area contributed by atoms with Crippen LogP contribution in [0.2, 0.25) is 0 Å². The molecule has 0 aliphatic carbocycles. The maximum Gasteiger partial charge on any atom is 0.255 e. The molecule has 0 spiro atoms. The normalized spacial score (nSPS) is 14.4. The number of aryl methyl sites for hydroxylation is 1. The van der Waals surface area contributed by atoms with Gasteiger partial charge in [-0.3, -0.25) is 9.69 Å². The summed E-state index contributed by atoms with van der Waals surface area (Å²) in [5, 5.41) is 9.16. The van der Waals surface area contributed by atoms with Crippen molar-refractivity contribution in [2.24, 2.45) is 7.05 Å². The Balaban J connectivity index is 1.81. The molecular weight excluding hydrogens is 302 g/mol. The summed E-state index contributed by atoms with van der Waals surface area (Å²) in [4.78, 5) is 22.2. The minimum absolute atomic E-state index is 0.00403. The second-order valence-corrected chi connectivity index (χ2v) is 6.46. The zero-order valence-electron chi connectivity index (χ0n) is 14.5. The first-order valence-corrected chi connectivity index (χ1v) is 8.42. The van der Waals surface area contributed by atoms with E-state index in [-0.39, 0.29) is 5.56 Å². The topological polar surface area (TPSA) is 77.7 Å². The average molecular weight is 325 g/mol. The van der Waals surface area contributed by atoms with Gasteiger partial charge in [0, 0.05) is 45.2 Å². The number of aromatic nitrogens is 3. The van der Waals surface area contributed by atoms with E-state index in [0.29, 0.717) is 12.2 Å². The first kappa shape index (κ1) is 16.5. The minimum Gasteiger partial charge on any atom is -0.340 e. The van der Waals surface area contributed by atoms with Crippen LogP contribution in [0.25, 0.3) is 0 Å². The number of aromatic amines is 1. The van der Waals surface area contributed by atoms with Crippen molar-refractivity contribution >= 4 is 0 Å². The van der Waals surface area contributed by atoms with Gasteiger partial charge in [-0.05, 0) is 25.0 Å². The molecule has 0 saturated heterocycles. The third-order valence-electron chi connectivity index (χ3n) is 4.83. The van der Waals surface area contributed by atoms with Gasteiger partial charge in [0.2, 0.25) is 0 Å². The Morgan fingerprint density at radius 3 is 2.92 bits per heavy atom. The highest BCUT2D eigenvalue weighted by molar-refractivity contribution is 5.34. The van der Waals surface area contributed by atoms with Crippen LogP contribution >= 0.6 is 0 Å². The van der Waals surface area contributed by atoms with Crippen molar-refractivity contribution < 1.29 is 0 Å². The van der Waals surface area contributed by atoms with E-state index < -0.39 is 0 Å². The lowest BCUT2D eigenvalue weighted by molar-refractivity contribution is 0.241. The van der Waals surface area contributed by atoms with Gasteiger partial charge in [0.1, 0.15) is 17.6 Å². The molecule has 1 aliphatic heterocycles. The smallest absolute Gasteiger partial charge is 0.255 e. The second kappa shape index (κ2) is 6.62. The molecule has 0 aromatic carbocycles. The molecule has 24 heavy (non-hydrogen) atoms. The number of nitriles is 1. The number of hydrogen-bond donors (Lipinski definition) is 1. The van der Waals surface area contributed by atoms with Gasteiger partial charge in [-0.25, -0.2) is 4.98 Å². The molecule has 0 atom stereocenters. The van der Waals surface area contributed by atoms with Gasteiger partial charge in [-0.2, -0.15) is 5.26 Å². The molecule has 6 heteroatoms. The number of fused-ring (bicyclic) bond motifs is 1. The SMILES string of the molecule is CCCc1nc2c(c(=O)[nH]1)CN(Cc1cc(C#N)n(C)c1C)CC2. The van der Waals surface area contributed by atoms with Crippen molar-refractivity contribution in [1.29, 1.82) is 5.26 Å². The molecule has 1 N–H and O–H groups in total. The fraction of sp³-hybridized carbons (Fsp3) is 0.500. The molecule has 0 fully saturated rings. The highest BCUT2D eigenvalue weighted by atomic mass is 16.1. The van der Waals surface area contributed by atoms with Crippen LogP contribution in [0, 0.1) is 18.3 Å². The molecule has 0 saturated carbocycles. The van der Waals surface area contributed by atoms with Crippen LogP contribution in [0.5, 0.6) is 0 Å². The lowest BCUT2D eigenvalue weighted by Gasteiger charge is -2.27. The molecule has 3 rings (SSSR count). The summed E-state index contributed by atoms with van der Waals surface area (Å²) in [6.07, 6.45) is 2.59. The lowest BCUT2D eigenvalue weighted by Crippen LogP contribution is -2.35. The molecule has 0 amide bonds. The van der Waals surface area contributed by atoms with Gasteiger partial charge >= 0.3 is 0 Å². The average Bonchev–Trinajstić information content (AvgIpc) is 2.83. The Bertz CT molecular complexity index is 856. The van der Waals surface area contributed by atoms with Gasteiger partial charge < -0.3 is 9.55 Å². The van der Waals surface area contributed by atoms with Gasteiger partial charge in [0.05, 0.1) is 11.3 Å². The van der Waals surface area contributed by atoms with Crippen molar-refractivity contribution in [3.8, 4) is 6.07 Å². The lowest BCUT2D eigenvalue weighted by atomic mass is 10.1. The zero-order chi connectivity index (χ0) is 17.3. The highest BCUT2D eigenvalue weighted by Gasteiger charge is 2.22. The standard InChI is InChI=1S/C18H23N5O/c1-4-5-17-20-16-6-7-23(11-15(16)18(24)21-17)10-13-8-14(9-19)22(3)12(13)2/h8H,4-7,10-11H2,1-3H3,(H,20,21,24). The van der Waals surface area contributed by atoms with Gasteiger partial charge in [0.15, 0.2) is 0 Å². The quantitative estimate of drug-likeness (QED) is 0.930. The van der Waals surface area contributed by atoms with Crippen LogP contribution in [0.15, 0.2) is 10.9 Å². The first-order chi connectivity index (χ1) is 11.5. The van der Waals surface area contributed by atoms with E-state index in [1.165, 1.54) is 0 Å². The van der Waals surface area contributed by atoms with Crippen molar-refractivity contribution in [2.45, 2.75) is 46.2 Å². The van der Waals surface area contributed by atoms with Crippen LogP contribution < -0.4 is 5.56 Å². The second-order valence-electron chi connectivity index (χ2n) is 6.46. The fourth-order valence-corrected chi connectivity index (χ4v) is 3.29. The Kier molecular flexibility index (Phi) is 4.54. The number of H-pyrrole nitrogens is 1. The molecule has 0 bridgehead atoms. The fourth-order valence-electron chi connectivity index (χ4n) is 3.29. The molecule has 6 nitrogen and oxygen atoms in total. The Labute approximate surface area is 141 Å². The van der Waals surface area contributed by atoms with Gasteiger partial charge in [-0.1, -0.05) is 6.92 Å². The summed E-state index contributed by atoms with van der Waals surface area (Å²) in [5.41, 5.74) is 4.64.